The summed E-state index contributed by atoms with van der Waals surface area (Å²) in [5.41, 5.74) is 1.82. The monoisotopic (exact) mass is 340 g/mol. The lowest BCUT2D eigenvalue weighted by Gasteiger charge is -2.32. The Morgan fingerprint density at radius 2 is 2.04 bits per heavy atom. The van der Waals surface area contributed by atoms with Crippen molar-refractivity contribution in [2.45, 2.75) is 38.5 Å². The zero-order valence-corrected chi connectivity index (χ0v) is 14.9. The molecule has 4 heteroatoms. The number of amides is 1. The molecule has 1 aromatic rings. The number of allylic oxidation sites excluding steroid dienone is 3. The van der Waals surface area contributed by atoms with Gasteiger partial charge < -0.3 is 10.4 Å². The van der Waals surface area contributed by atoms with Gasteiger partial charge in [0.05, 0.1) is 0 Å². The van der Waals surface area contributed by atoms with Crippen LogP contribution in [0, 0.1) is 0 Å². The largest absolute Gasteiger partial charge is 0.378 e. The highest BCUT2D eigenvalue weighted by atomic mass is 16.3. The van der Waals surface area contributed by atoms with Crippen molar-refractivity contribution in [3.63, 3.8) is 0 Å². The molecule has 1 atom stereocenters. The number of carbonyl (C=O) groups excluding carboxylic acids is 1. The number of likely N-dealkylation sites (tertiary alicyclic amines) is 1. The average Bonchev–Trinajstić information content (AvgIpc) is 2.64. The molecule has 0 aliphatic carbocycles. The van der Waals surface area contributed by atoms with Crippen molar-refractivity contribution in [3.8, 4) is 0 Å². The SMILES string of the molecule is C=C/C(=C\C=C/C)[C@H](O)C(=O)NC1CCN(Cc2ccccc2)CC1. The summed E-state index contributed by atoms with van der Waals surface area (Å²) in [6.45, 7) is 8.37. The molecule has 1 saturated heterocycles. The first-order valence-corrected chi connectivity index (χ1v) is 8.84. The van der Waals surface area contributed by atoms with Crippen LogP contribution < -0.4 is 5.32 Å². The first-order chi connectivity index (χ1) is 12.1. The summed E-state index contributed by atoms with van der Waals surface area (Å²) in [5, 5.41) is 13.2. The average molecular weight is 340 g/mol. The van der Waals surface area contributed by atoms with Gasteiger partial charge in [-0.1, -0.05) is 61.2 Å². The first kappa shape index (κ1) is 19.2. The summed E-state index contributed by atoms with van der Waals surface area (Å²) in [6.07, 6.45) is 7.48. The molecule has 0 radical (unpaired) electrons. The van der Waals surface area contributed by atoms with E-state index in [2.05, 4.69) is 41.1 Å². The number of rotatable bonds is 7. The van der Waals surface area contributed by atoms with E-state index < -0.39 is 6.10 Å². The molecular formula is C21H28N2O2. The third-order valence-electron chi connectivity index (χ3n) is 4.46. The Kier molecular flexibility index (Phi) is 7.64. The van der Waals surface area contributed by atoms with E-state index in [4.69, 9.17) is 0 Å². The summed E-state index contributed by atoms with van der Waals surface area (Å²) in [7, 11) is 0. The fraction of sp³-hybridized carbons (Fsp3) is 0.381. The van der Waals surface area contributed by atoms with Gasteiger partial charge in [-0.3, -0.25) is 9.69 Å². The van der Waals surface area contributed by atoms with Gasteiger partial charge in [-0.25, -0.2) is 0 Å². The fourth-order valence-electron chi connectivity index (χ4n) is 2.99. The Hall–Kier alpha value is -2.17. The van der Waals surface area contributed by atoms with Gasteiger partial charge in [-0.05, 0) is 30.9 Å². The normalized spacial score (nSPS) is 18.2. The summed E-state index contributed by atoms with van der Waals surface area (Å²) in [4.78, 5) is 14.7. The van der Waals surface area contributed by atoms with Gasteiger partial charge in [0.1, 0.15) is 0 Å². The molecule has 134 valence electrons. The van der Waals surface area contributed by atoms with Crippen LogP contribution in [0.4, 0.5) is 0 Å². The molecule has 25 heavy (non-hydrogen) atoms. The predicted octanol–water partition coefficient (Wildman–Crippen LogP) is 2.82. The maximum atomic E-state index is 12.3. The number of aliphatic hydroxyl groups excluding tert-OH is 1. The van der Waals surface area contributed by atoms with Crippen LogP contribution in [0.2, 0.25) is 0 Å². The summed E-state index contributed by atoms with van der Waals surface area (Å²) < 4.78 is 0. The second kappa shape index (κ2) is 9.97. The van der Waals surface area contributed by atoms with E-state index in [9.17, 15) is 9.90 Å². The Morgan fingerprint density at radius 3 is 2.64 bits per heavy atom. The Labute approximate surface area is 150 Å². The molecule has 1 fully saturated rings. The second-order valence-corrected chi connectivity index (χ2v) is 6.34. The quantitative estimate of drug-likeness (QED) is 0.751. The highest BCUT2D eigenvalue weighted by Crippen LogP contribution is 2.14. The molecule has 0 spiro atoms. The number of hydrogen-bond donors (Lipinski definition) is 2. The molecule has 2 rings (SSSR count). The van der Waals surface area contributed by atoms with Crippen LogP contribution in [-0.2, 0) is 11.3 Å². The smallest absolute Gasteiger partial charge is 0.253 e. The predicted molar refractivity (Wildman–Crippen MR) is 102 cm³/mol. The van der Waals surface area contributed by atoms with Crippen LogP contribution in [0.25, 0.3) is 0 Å². The topological polar surface area (TPSA) is 52.6 Å². The number of nitrogens with one attached hydrogen (secondary N) is 1. The minimum Gasteiger partial charge on any atom is -0.378 e. The lowest BCUT2D eigenvalue weighted by atomic mass is 10.0. The van der Waals surface area contributed by atoms with E-state index in [1.165, 1.54) is 11.6 Å². The Balaban J connectivity index is 1.81. The lowest BCUT2D eigenvalue weighted by molar-refractivity contribution is -0.128. The zero-order chi connectivity index (χ0) is 18.1. The number of aliphatic hydroxyl groups is 1. The van der Waals surface area contributed by atoms with E-state index >= 15 is 0 Å². The maximum absolute atomic E-state index is 12.3. The molecule has 0 bridgehead atoms. The second-order valence-electron chi connectivity index (χ2n) is 6.34. The summed E-state index contributed by atoms with van der Waals surface area (Å²) >= 11 is 0. The molecule has 2 N–H and O–H groups in total. The van der Waals surface area contributed by atoms with Gasteiger partial charge in [0.25, 0.3) is 5.91 Å². The van der Waals surface area contributed by atoms with Crippen LogP contribution in [0.15, 0.2) is 66.8 Å². The highest BCUT2D eigenvalue weighted by Gasteiger charge is 2.24. The van der Waals surface area contributed by atoms with Gasteiger partial charge in [-0.2, -0.15) is 0 Å². The molecule has 1 aromatic carbocycles. The van der Waals surface area contributed by atoms with E-state index in [1.54, 1.807) is 12.2 Å². The van der Waals surface area contributed by atoms with Crippen LogP contribution in [-0.4, -0.2) is 41.1 Å². The van der Waals surface area contributed by atoms with Crippen molar-refractivity contribution in [1.29, 1.82) is 0 Å². The van der Waals surface area contributed by atoms with Crippen molar-refractivity contribution in [1.82, 2.24) is 10.2 Å². The molecule has 0 saturated carbocycles. The minimum atomic E-state index is -1.17. The van der Waals surface area contributed by atoms with Crippen LogP contribution in [0.3, 0.4) is 0 Å². The summed E-state index contributed by atoms with van der Waals surface area (Å²) in [5.74, 6) is -0.350. The van der Waals surface area contributed by atoms with E-state index in [0.717, 1.165) is 32.5 Å². The van der Waals surface area contributed by atoms with Crippen LogP contribution in [0.5, 0.6) is 0 Å². The van der Waals surface area contributed by atoms with Crippen LogP contribution >= 0.6 is 0 Å². The van der Waals surface area contributed by atoms with E-state index in [0.29, 0.717) is 5.57 Å². The summed E-state index contributed by atoms with van der Waals surface area (Å²) in [6, 6.07) is 10.5. The first-order valence-electron chi connectivity index (χ1n) is 8.84. The third kappa shape index (κ3) is 6.00. The van der Waals surface area contributed by atoms with Crippen LogP contribution in [0.1, 0.15) is 25.3 Å². The van der Waals surface area contributed by atoms with Gasteiger partial charge in [0.15, 0.2) is 6.10 Å². The zero-order valence-electron chi connectivity index (χ0n) is 14.9. The number of benzene rings is 1. The van der Waals surface area contributed by atoms with E-state index in [-0.39, 0.29) is 11.9 Å². The van der Waals surface area contributed by atoms with Gasteiger partial charge in [0, 0.05) is 25.7 Å². The lowest BCUT2D eigenvalue weighted by Crippen LogP contribution is -2.47. The molecule has 4 nitrogen and oxygen atoms in total. The number of carbonyl (C=O) groups is 1. The van der Waals surface area contributed by atoms with Crippen molar-refractivity contribution in [2.75, 3.05) is 13.1 Å². The molecule has 1 amide bonds. The van der Waals surface area contributed by atoms with E-state index in [1.807, 2.05) is 19.1 Å². The Bertz CT molecular complexity index is 614. The van der Waals surface area contributed by atoms with Gasteiger partial charge in [-0.15, -0.1) is 0 Å². The molecule has 0 unspecified atom stereocenters. The van der Waals surface area contributed by atoms with Gasteiger partial charge >= 0.3 is 0 Å². The molecule has 1 aliphatic rings. The van der Waals surface area contributed by atoms with Gasteiger partial charge in [0.2, 0.25) is 0 Å². The van der Waals surface area contributed by atoms with Crippen molar-refractivity contribution < 1.29 is 9.90 Å². The number of nitrogens with zero attached hydrogens (tertiary/aromatic N) is 1. The Morgan fingerprint density at radius 1 is 1.36 bits per heavy atom. The minimum absolute atomic E-state index is 0.113. The van der Waals surface area contributed by atoms with Crippen molar-refractivity contribution in [2.24, 2.45) is 0 Å². The molecule has 0 aromatic heterocycles. The standard InChI is InChI=1S/C21H28N2O2/c1-3-5-11-18(4-2)20(24)21(25)22-19-12-14-23(15-13-19)16-17-9-7-6-8-10-17/h3-11,19-20,24H,2,12-16H2,1H3,(H,22,25)/b5-3-,18-11+/t20-/m0/s1. The van der Waals surface area contributed by atoms with Crippen molar-refractivity contribution >= 4 is 5.91 Å². The molecule has 1 heterocycles. The third-order valence-corrected chi connectivity index (χ3v) is 4.46. The van der Waals surface area contributed by atoms with Crippen molar-refractivity contribution in [3.05, 3.63) is 72.4 Å². The fourth-order valence-corrected chi connectivity index (χ4v) is 2.99. The maximum Gasteiger partial charge on any atom is 0.253 e. The highest BCUT2D eigenvalue weighted by molar-refractivity contribution is 5.84. The molecule has 1 aliphatic heterocycles. The molecular weight excluding hydrogens is 312 g/mol. The number of piperidine rings is 1. The number of hydrogen-bond acceptors (Lipinski definition) is 3.